The monoisotopic (exact) mass is 227 g/mol. The van der Waals surface area contributed by atoms with E-state index in [9.17, 15) is 0 Å². The molecule has 0 radical (unpaired) electrons. The van der Waals surface area contributed by atoms with Crippen LogP contribution in [0.5, 0.6) is 0 Å². The van der Waals surface area contributed by atoms with Crippen LogP contribution in [0.4, 0.5) is 5.69 Å². The Morgan fingerprint density at radius 2 is 2.12 bits per heavy atom. The molecule has 0 bridgehead atoms. The summed E-state index contributed by atoms with van der Waals surface area (Å²) in [6.45, 7) is 6.54. The number of benzene rings is 1. The van der Waals surface area contributed by atoms with Crippen LogP contribution in [-0.4, -0.2) is 5.71 Å². The largest absolute Gasteiger partial charge is 0.257 e. The van der Waals surface area contributed by atoms with Crippen molar-refractivity contribution in [2.75, 3.05) is 0 Å². The minimum Gasteiger partial charge on any atom is -0.257 e. The van der Waals surface area contributed by atoms with Gasteiger partial charge in [0.05, 0.1) is 5.69 Å². The summed E-state index contributed by atoms with van der Waals surface area (Å²) < 4.78 is 0. The molecular weight excluding hydrogens is 206 g/mol. The second kappa shape index (κ2) is 5.31. The van der Waals surface area contributed by atoms with Gasteiger partial charge in [0.1, 0.15) is 0 Å². The lowest BCUT2D eigenvalue weighted by Crippen LogP contribution is -1.91. The zero-order valence-electron chi connectivity index (χ0n) is 11.0. The van der Waals surface area contributed by atoms with Crippen LogP contribution in [-0.2, 0) is 0 Å². The minimum absolute atomic E-state index is 0.809. The molecule has 1 aromatic rings. The maximum absolute atomic E-state index is 4.85. The van der Waals surface area contributed by atoms with Gasteiger partial charge in [0.25, 0.3) is 0 Å². The van der Waals surface area contributed by atoms with E-state index in [1.165, 1.54) is 36.1 Å². The van der Waals surface area contributed by atoms with Crippen molar-refractivity contribution < 1.29 is 0 Å². The molecule has 1 atom stereocenters. The third-order valence-corrected chi connectivity index (χ3v) is 3.55. The number of para-hydroxylation sites is 1. The van der Waals surface area contributed by atoms with Gasteiger partial charge in [-0.3, -0.25) is 4.99 Å². The molecule has 1 nitrogen and oxygen atoms in total. The second-order valence-corrected chi connectivity index (χ2v) is 5.01. The first-order chi connectivity index (χ1) is 8.20. The zero-order valence-corrected chi connectivity index (χ0v) is 11.0. The molecule has 0 heterocycles. The second-order valence-electron chi connectivity index (χ2n) is 5.01. The number of hydrogen-bond acceptors (Lipinski definition) is 1. The molecule has 0 aliphatic heterocycles. The van der Waals surface area contributed by atoms with E-state index in [1.54, 1.807) is 0 Å². The third kappa shape index (κ3) is 2.85. The number of hydrogen-bond donors (Lipinski definition) is 0. The Balaban J connectivity index is 2.33. The quantitative estimate of drug-likeness (QED) is 0.674. The van der Waals surface area contributed by atoms with Gasteiger partial charge >= 0.3 is 0 Å². The first-order valence-corrected chi connectivity index (χ1v) is 6.49. The Bertz CT molecular complexity index is 454. The Morgan fingerprint density at radius 1 is 1.35 bits per heavy atom. The first kappa shape index (κ1) is 12.1. The van der Waals surface area contributed by atoms with E-state index >= 15 is 0 Å². The van der Waals surface area contributed by atoms with Gasteiger partial charge in [-0.05, 0) is 50.7 Å². The molecule has 0 spiro atoms. The fraction of sp³-hybridized carbons (Fsp3) is 0.438. The van der Waals surface area contributed by atoms with E-state index in [1.807, 2.05) is 0 Å². The average Bonchev–Trinajstić information content (AvgIpc) is 2.74. The average molecular weight is 227 g/mol. The number of allylic oxidation sites excluding steroid dienone is 2. The van der Waals surface area contributed by atoms with Gasteiger partial charge in [-0.1, -0.05) is 31.2 Å². The molecule has 0 N–H and O–H groups in total. The number of aliphatic imine (C=N–C) groups is 1. The van der Waals surface area contributed by atoms with Gasteiger partial charge in [-0.15, -0.1) is 0 Å². The van der Waals surface area contributed by atoms with Crippen LogP contribution in [0.1, 0.15) is 45.6 Å². The van der Waals surface area contributed by atoms with Crippen molar-refractivity contribution in [2.24, 2.45) is 10.9 Å². The summed E-state index contributed by atoms with van der Waals surface area (Å²) in [5, 5.41) is 0. The first-order valence-electron chi connectivity index (χ1n) is 6.49. The smallest absolute Gasteiger partial charge is 0.0703 e. The highest BCUT2D eigenvalue weighted by molar-refractivity contribution is 5.90. The Labute approximate surface area is 104 Å². The molecule has 1 heteroatoms. The number of nitrogens with zero attached hydrogens (tertiary/aromatic N) is 1. The van der Waals surface area contributed by atoms with Gasteiger partial charge in [-0.2, -0.15) is 0 Å². The predicted molar refractivity (Wildman–Crippen MR) is 75.9 cm³/mol. The Hall–Kier alpha value is -1.37. The van der Waals surface area contributed by atoms with E-state index in [2.05, 4.69) is 51.1 Å². The minimum atomic E-state index is 0.809. The van der Waals surface area contributed by atoms with Crippen LogP contribution in [0.3, 0.4) is 0 Å². The Morgan fingerprint density at radius 3 is 2.76 bits per heavy atom. The van der Waals surface area contributed by atoms with Crippen LogP contribution in [0.2, 0.25) is 0 Å². The molecule has 90 valence electrons. The Kier molecular flexibility index (Phi) is 3.78. The normalized spacial score (nSPS) is 23.4. The summed E-state index contributed by atoms with van der Waals surface area (Å²) in [6, 6.07) is 8.44. The van der Waals surface area contributed by atoms with E-state index < -0.39 is 0 Å². The SMILES string of the molecule is C/C=C(/C)c1ccccc1N=C1CCC(C)C1. The van der Waals surface area contributed by atoms with Crippen molar-refractivity contribution >= 4 is 17.0 Å². The lowest BCUT2D eigenvalue weighted by atomic mass is 10.1. The van der Waals surface area contributed by atoms with Crippen LogP contribution in [0.25, 0.3) is 5.57 Å². The standard InChI is InChI=1S/C16H21N/c1-4-13(3)15-7-5-6-8-16(15)17-14-10-9-12(2)11-14/h4-8,12H,9-11H2,1-3H3/b13-4-,17-14?. The lowest BCUT2D eigenvalue weighted by Gasteiger charge is -2.06. The third-order valence-electron chi connectivity index (χ3n) is 3.55. The summed E-state index contributed by atoms with van der Waals surface area (Å²) >= 11 is 0. The van der Waals surface area contributed by atoms with Crippen LogP contribution < -0.4 is 0 Å². The summed E-state index contributed by atoms with van der Waals surface area (Å²) in [5.41, 5.74) is 5.07. The van der Waals surface area contributed by atoms with Crippen molar-refractivity contribution in [3.05, 3.63) is 35.9 Å². The van der Waals surface area contributed by atoms with E-state index in [4.69, 9.17) is 4.99 Å². The van der Waals surface area contributed by atoms with Gasteiger partial charge in [0.2, 0.25) is 0 Å². The highest BCUT2D eigenvalue weighted by atomic mass is 14.8. The van der Waals surface area contributed by atoms with Crippen molar-refractivity contribution in [1.82, 2.24) is 0 Å². The van der Waals surface area contributed by atoms with Gasteiger partial charge < -0.3 is 0 Å². The number of rotatable bonds is 2. The highest BCUT2D eigenvalue weighted by Crippen LogP contribution is 2.29. The predicted octanol–water partition coefficient (Wildman–Crippen LogP) is 5.00. The van der Waals surface area contributed by atoms with Crippen LogP contribution in [0.15, 0.2) is 35.3 Å². The van der Waals surface area contributed by atoms with Crippen molar-refractivity contribution in [1.29, 1.82) is 0 Å². The van der Waals surface area contributed by atoms with E-state index in [0.717, 1.165) is 11.6 Å². The highest BCUT2D eigenvalue weighted by Gasteiger charge is 2.16. The molecule has 17 heavy (non-hydrogen) atoms. The maximum atomic E-state index is 4.85. The summed E-state index contributed by atoms with van der Waals surface area (Å²) in [5.74, 6) is 0.809. The molecule has 1 aliphatic rings. The summed E-state index contributed by atoms with van der Waals surface area (Å²) in [6.07, 6.45) is 5.79. The van der Waals surface area contributed by atoms with Gasteiger partial charge in [0, 0.05) is 11.3 Å². The van der Waals surface area contributed by atoms with Crippen LogP contribution >= 0.6 is 0 Å². The van der Waals surface area contributed by atoms with Gasteiger partial charge in [-0.25, -0.2) is 0 Å². The van der Waals surface area contributed by atoms with Gasteiger partial charge in [0.15, 0.2) is 0 Å². The fourth-order valence-electron chi connectivity index (χ4n) is 2.35. The van der Waals surface area contributed by atoms with Crippen LogP contribution in [0, 0.1) is 5.92 Å². The molecule has 0 saturated heterocycles. The summed E-state index contributed by atoms with van der Waals surface area (Å²) in [4.78, 5) is 4.85. The fourth-order valence-corrected chi connectivity index (χ4v) is 2.35. The molecule has 1 fully saturated rings. The molecule has 1 unspecified atom stereocenters. The topological polar surface area (TPSA) is 12.4 Å². The molecule has 2 rings (SSSR count). The van der Waals surface area contributed by atoms with Crippen molar-refractivity contribution in [2.45, 2.75) is 40.0 Å². The van der Waals surface area contributed by atoms with Crippen molar-refractivity contribution in [3.63, 3.8) is 0 Å². The molecular formula is C16H21N. The lowest BCUT2D eigenvalue weighted by molar-refractivity contribution is 0.623. The molecule has 0 aromatic heterocycles. The van der Waals surface area contributed by atoms with E-state index in [-0.39, 0.29) is 0 Å². The molecule has 0 amide bonds. The van der Waals surface area contributed by atoms with Crippen molar-refractivity contribution in [3.8, 4) is 0 Å². The molecule has 1 saturated carbocycles. The van der Waals surface area contributed by atoms with E-state index in [0.29, 0.717) is 0 Å². The molecule has 1 aliphatic carbocycles. The molecule has 1 aromatic carbocycles. The maximum Gasteiger partial charge on any atom is 0.0703 e. The zero-order chi connectivity index (χ0) is 12.3. The summed E-state index contributed by atoms with van der Waals surface area (Å²) in [7, 11) is 0.